The number of hydrogen-bond donors (Lipinski definition) is 2. The van der Waals surface area contributed by atoms with Crippen molar-refractivity contribution in [2.75, 3.05) is 25.5 Å². The largest absolute Gasteiger partial charge is 0.419 e. The summed E-state index contributed by atoms with van der Waals surface area (Å²) < 4.78 is 71.1. The molecule has 0 bridgehead atoms. The van der Waals surface area contributed by atoms with E-state index in [-0.39, 0.29) is 50.7 Å². The summed E-state index contributed by atoms with van der Waals surface area (Å²) in [6.07, 6.45) is -2.49. The number of nitrogens with zero attached hydrogens (tertiary/aromatic N) is 4. The van der Waals surface area contributed by atoms with Gasteiger partial charge in [-0.25, -0.2) is 22.4 Å². The van der Waals surface area contributed by atoms with Crippen LogP contribution in [0.3, 0.4) is 0 Å². The first-order chi connectivity index (χ1) is 20.2. The third-order valence-electron chi connectivity index (χ3n) is 7.68. The second-order valence-corrected chi connectivity index (χ2v) is 13.4. The zero-order valence-corrected chi connectivity index (χ0v) is 25.0. The van der Waals surface area contributed by atoms with Crippen molar-refractivity contribution in [2.24, 2.45) is 5.92 Å². The molecular formula is C30H33F3N6O3S. The van der Waals surface area contributed by atoms with Crippen LogP contribution in [0.5, 0.6) is 0 Å². The van der Waals surface area contributed by atoms with E-state index in [1.807, 2.05) is 20.8 Å². The summed E-state index contributed by atoms with van der Waals surface area (Å²) in [7, 11) is -2.57. The van der Waals surface area contributed by atoms with Crippen molar-refractivity contribution in [3.8, 4) is 11.3 Å². The maximum atomic E-state index is 14.3. The SMILES string of the molecule is CNC(=O)[C@H]1C[C@H](Nc2ncc(C(F)(F)F)c(-c3cn(S(=O)(=O)c4ccccc4)c4ccccc34)n2)CN(C(C)(C)C)C1. The second-order valence-electron chi connectivity index (χ2n) is 11.6. The number of para-hydroxylation sites is 1. The van der Waals surface area contributed by atoms with Crippen LogP contribution in [0.25, 0.3) is 22.2 Å². The van der Waals surface area contributed by atoms with E-state index in [9.17, 15) is 26.4 Å². The van der Waals surface area contributed by atoms with Gasteiger partial charge >= 0.3 is 6.18 Å². The summed E-state index contributed by atoms with van der Waals surface area (Å²) in [5.74, 6) is -0.519. The molecule has 43 heavy (non-hydrogen) atoms. The van der Waals surface area contributed by atoms with Crippen molar-refractivity contribution in [3.05, 3.63) is 72.6 Å². The van der Waals surface area contributed by atoms with Crippen LogP contribution < -0.4 is 10.6 Å². The molecule has 1 saturated heterocycles. The molecule has 1 aliphatic rings. The molecule has 2 N–H and O–H groups in total. The number of carbonyl (C=O) groups excluding carboxylic acids is 1. The van der Waals surface area contributed by atoms with E-state index in [4.69, 9.17) is 0 Å². The number of hydrogen-bond acceptors (Lipinski definition) is 7. The normalized spacial score (nSPS) is 18.5. The van der Waals surface area contributed by atoms with Crippen molar-refractivity contribution in [1.82, 2.24) is 24.2 Å². The molecule has 1 fully saturated rings. The molecule has 13 heteroatoms. The Labute approximate surface area is 248 Å². The van der Waals surface area contributed by atoms with Gasteiger partial charge in [0, 0.05) is 55.1 Å². The van der Waals surface area contributed by atoms with E-state index >= 15 is 0 Å². The minimum absolute atomic E-state index is 0.00363. The lowest BCUT2D eigenvalue weighted by molar-refractivity contribution is -0.137. The highest BCUT2D eigenvalue weighted by molar-refractivity contribution is 7.90. The number of halogens is 3. The standard InChI is InChI=1S/C30H33F3N6O3S/c1-29(2,3)38-16-19(27(40)34-4)14-20(17-38)36-28-35-15-24(30(31,32)33)26(37-28)23-18-39(25-13-9-8-12-22(23)25)43(41,42)21-10-6-5-7-11-21/h5-13,15,18-20H,14,16-17H2,1-4H3,(H,34,40)(H,35,36,37)/t19-,20-/m0/s1. The number of amides is 1. The third-order valence-corrected chi connectivity index (χ3v) is 9.36. The van der Waals surface area contributed by atoms with Crippen LogP contribution >= 0.6 is 0 Å². The van der Waals surface area contributed by atoms with Gasteiger partial charge in [0.05, 0.1) is 22.0 Å². The Balaban J connectivity index is 1.61. The van der Waals surface area contributed by atoms with Crippen LogP contribution in [0, 0.1) is 5.92 Å². The summed E-state index contributed by atoms with van der Waals surface area (Å²) in [4.78, 5) is 23.0. The van der Waals surface area contributed by atoms with Crippen LogP contribution in [0.15, 0.2) is 71.9 Å². The molecule has 0 unspecified atom stereocenters. The van der Waals surface area contributed by atoms with Gasteiger partial charge in [0.2, 0.25) is 11.9 Å². The molecular weight excluding hydrogens is 581 g/mol. The topological polar surface area (TPSA) is 109 Å². The zero-order valence-electron chi connectivity index (χ0n) is 24.2. The van der Waals surface area contributed by atoms with Crippen molar-refractivity contribution in [2.45, 2.75) is 49.8 Å². The van der Waals surface area contributed by atoms with Gasteiger partial charge in [-0.1, -0.05) is 36.4 Å². The van der Waals surface area contributed by atoms with E-state index in [0.717, 1.165) is 3.97 Å². The lowest BCUT2D eigenvalue weighted by atomic mass is 9.90. The molecule has 3 heterocycles. The van der Waals surface area contributed by atoms with E-state index in [2.05, 4.69) is 25.5 Å². The van der Waals surface area contributed by atoms with Gasteiger partial charge in [-0.15, -0.1) is 0 Å². The molecule has 1 amide bonds. The highest BCUT2D eigenvalue weighted by Gasteiger charge is 2.38. The predicted octanol–water partition coefficient (Wildman–Crippen LogP) is 5.00. The first-order valence-electron chi connectivity index (χ1n) is 13.8. The van der Waals surface area contributed by atoms with Gasteiger partial charge in [-0.2, -0.15) is 13.2 Å². The Morgan fingerprint density at radius 3 is 2.33 bits per heavy atom. The van der Waals surface area contributed by atoms with E-state index in [0.29, 0.717) is 25.7 Å². The molecule has 2 aromatic heterocycles. The molecule has 2 aromatic carbocycles. The van der Waals surface area contributed by atoms with Crippen LogP contribution in [-0.4, -0.2) is 64.9 Å². The Morgan fingerprint density at radius 2 is 1.67 bits per heavy atom. The Hall–Kier alpha value is -3.97. The lowest BCUT2D eigenvalue weighted by Gasteiger charge is -2.44. The maximum absolute atomic E-state index is 14.3. The summed E-state index contributed by atoms with van der Waals surface area (Å²) in [6.45, 7) is 7.15. The highest BCUT2D eigenvalue weighted by atomic mass is 32.2. The monoisotopic (exact) mass is 614 g/mol. The van der Waals surface area contributed by atoms with Gasteiger partial charge < -0.3 is 10.6 Å². The quantitative estimate of drug-likeness (QED) is 0.315. The Bertz CT molecular complexity index is 1750. The number of alkyl halides is 3. The molecule has 9 nitrogen and oxygen atoms in total. The summed E-state index contributed by atoms with van der Waals surface area (Å²) in [5, 5.41) is 6.13. The van der Waals surface area contributed by atoms with Crippen molar-refractivity contribution >= 4 is 32.8 Å². The van der Waals surface area contributed by atoms with Gasteiger partial charge in [-0.3, -0.25) is 9.69 Å². The molecule has 5 rings (SSSR count). The lowest BCUT2D eigenvalue weighted by Crippen LogP contribution is -2.56. The van der Waals surface area contributed by atoms with E-state index < -0.39 is 27.5 Å². The summed E-state index contributed by atoms with van der Waals surface area (Å²) in [5.41, 5.74) is -1.60. The van der Waals surface area contributed by atoms with Gasteiger partial charge in [0.25, 0.3) is 10.0 Å². The molecule has 2 atom stereocenters. The van der Waals surface area contributed by atoms with Gasteiger partial charge in [0.15, 0.2) is 0 Å². The Kier molecular flexibility index (Phi) is 7.99. The predicted molar refractivity (Wildman–Crippen MR) is 158 cm³/mol. The molecule has 0 radical (unpaired) electrons. The fraction of sp³-hybridized carbons (Fsp3) is 0.367. The molecule has 0 aliphatic carbocycles. The van der Waals surface area contributed by atoms with Crippen molar-refractivity contribution in [3.63, 3.8) is 0 Å². The van der Waals surface area contributed by atoms with Gasteiger partial charge in [0.1, 0.15) is 5.56 Å². The van der Waals surface area contributed by atoms with E-state index in [1.54, 1.807) is 43.4 Å². The number of carbonyl (C=O) groups is 1. The average Bonchev–Trinajstić information content (AvgIpc) is 3.36. The van der Waals surface area contributed by atoms with Crippen LogP contribution in [0.4, 0.5) is 19.1 Å². The smallest absolute Gasteiger partial charge is 0.359 e. The number of likely N-dealkylation sites (tertiary alicyclic amines) is 1. The highest BCUT2D eigenvalue weighted by Crippen LogP contribution is 2.40. The summed E-state index contributed by atoms with van der Waals surface area (Å²) in [6, 6.07) is 13.7. The van der Waals surface area contributed by atoms with Gasteiger partial charge in [-0.05, 0) is 45.4 Å². The zero-order chi connectivity index (χ0) is 31.2. The fourth-order valence-electron chi connectivity index (χ4n) is 5.44. The minimum Gasteiger partial charge on any atom is -0.359 e. The van der Waals surface area contributed by atoms with Crippen molar-refractivity contribution < 1.29 is 26.4 Å². The van der Waals surface area contributed by atoms with Crippen LogP contribution in [0.1, 0.15) is 32.8 Å². The average molecular weight is 615 g/mol. The molecule has 228 valence electrons. The van der Waals surface area contributed by atoms with E-state index in [1.165, 1.54) is 24.4 Å². The third kappa shape index (κ3) is 6.09. The number of rotatable bonds is 6. The molecule has 0 saturated carbocycles. The molecule has 1 aliphatic heterocycles. The number of piperidine rings is 1. The number of benzene rings is 2. The number of fused-ring (bicyclic) bond motifs is 1. The maximum Gasteiger partial charge on any atom is 0.419 e. The summed E-state index contributed by atoms with van der Waals surface area (Å²) >= 11 is 0. The van der Waals surface area contributed by atoms with Crippen LogP contribution in [-0.2, 0) is 21.0 Å². The fourth-order valence-corrected chi connectivity index (χ4v) is 6.83. The molecule has 0 spiro atoms. The first kappa shape index (κ1) is 30.5. The van der Waals surface area contributed by atoms with Crippen molar-refractivity contribution in [1.29, 1.82) is 0 Å². The first-order valence-corrected chi connectivity index (χ1v) is 15.2. The number of nitrogens with one attached hydrogen (secondary N) is 2. The van der Waals surface area contributed by atoms with Crippen LogP contribution in [0.2, 0.25) is 0 Å². The minimum atomic E-state index is -4.81. The number of aromatic nitrogens is 3. The second kappa shape index (κ2) is 11.3. The Morgan fingerprint density at radius 1 is 1.00 bits per heavy atom. The molecule has 4 aromatic rings. The number of anilines is 1.